The fraction of sp³-hybridized carbons (Fsp3) is 0.800. The molecule has 0 aromatic carbocycles. The highest BCUT2D eigenvalue weighted by Gasteiger charge is 1.94. The van der Waals surface area contributed by atoms with E-state index in [2.05, 4.69) is 25.7 Å². The first-order chi connectivity index (χ1) is 5.31. The van der Waals surface area contributed by atoms with Crippen molar-refractivity contribution in [1.29, 1.82) is 0 Å². The summed E-state index contributed by atoms with van der Waals surface area (Å²) in [6.45, 7) is 4.88. The Kier molecular flexibility index (Phi) is 7.29. The predicted molar refractivity (Wildman–Crippen MR) is 50.1 cm³/mol. The van der Waals surface area contributed by atoms with Crippen LogP contribution in [0.4, 0.5) is 0 Å². The average molecular weight is 153 g/mol. The van der Waals surface area contributed by atoms with Gasteiger partial charge in [0.25, 0.3) is 0 Å². The Morgan fingerprint density at radius 1 is 1.36 bits per heavy atom. The summed E-state index contributed by atoms with van der Waals surface area (Å²) < 4.78 is 0. The standard InChI is InChI=1S/C10H19N/c1-3-4-5-7-10(2)8-6-9-11/h10H,3-5,7,9,11H2,1-2H3. The molecule has 0 amide bonds. The average Bonchev–Trinajstić information content (AvgIpc) is 2.01. The van der Waals surface area contributed by atoms with Crippen molar-refractivity contribution < 1.29 is 0 Å². The van der Waals surface area contributed by atoms with Gasteiger partial charge < -0.3 is 5.73 Å². The lowest BCUT2D eigenvalue weighted by molar-refractivity contribution is 0.588. The molecule has 0 aliphatic heterocycles. The van der Waals surface area contributed by atoms with E-state index in [1.807, 2.05) is 0 Å². The molecule has 0 fully saturated rings. The molecule has 0 heterocycles. The summed E-state index contributed by atoms with van der Waals surface area (Å²) >= 11 is 0. The van der Waals surface area contributed by atoms with E-state index in [4.69, 9.17) is 5.73 Å². The van der Waals surface area contributed by atoms with Gasteiger partial charge in [0.1, 0.15) is 0 Å². The molecular formula is C10H19N. The van der Waals surface area contributed by atoms with Gasteiger partial charge in [-0.1, -0.05) is 45.0 Å². The molecule has 1 unspecified atom stereocenters. The maximum atomic E-state index is 5.26. The summed E-state index contributed by atoms with van der Waals surface area (Å²) in [5.41, 5.74) is 5.26. The molecule has 0 saturated carbocycles. The summed E-state index contributed by atoms with van der Waals surface area (Å²) in [7, 11) is 0. The Morgan fingerprint density at radius 3 is 2.64 bits per heavy atom. The van der Waals surface area contributed by atoms with Crippen LogP contribution in [0.25, 0.3) is 0 Å². The van der Waals surface area contributed by atoms with E-state index in [1.165, 1.54) is 25.7 Å². The number of unbranched alkanes of at least 4 members (excludes halogenated alkanes) is 2. The monoisotopic (exact) mass is 153 g/mol. The van der Waals surface area contributed by atoms with E-state index in [0.29, 0.717) is 12.5 Å². The summed E-state index contributed by atoms with van der Waals surface area (Å²) in [5, 5.41) is 0. The van der Waals surface area contributed by atoms with Crippen molar-refractivity contribution in [2.24, 2.45) is 11.7 Å². The molecule has 2 N–H and O–H groups in total. The molecular weight excluding hydrogens is 134 g/mol. The van der Waals surface area contributed by atoms with Crippen LogP contribution in [0.5, 0.6) is 0 Å². The van der Waals surface area contributed by atoms with Crippen LogP contribution < -0.4 is 5.73 Å². The second kappa shape index (κ2) is 7.63. The third-order valence-corrected chi connectivity index (χ3v) is 1.69. The van der Waals surface area contributed by atoms with E-state index in [1.54, 1.807) is 0 Å². The van der Waals surface area contributed by atoms with Gasteiger partial charge >= 0.3 is 0 Å². The largest absolute Gasteiger partial charge is 0.320 e. The van der Waals surface area contributed by atoms with Crippen LogP contribution in [0.2, 0.25) is 0 Å². The zero-order chi connectivity index (χ0) is 8.53. The van der Waals surface area contributed by atoms with Gasteiger partial charge in [0, 0.05) is 5.92 Å². The third-order valence-electron chi connectivity index (χ3n) is 1.69. The number of nitrogens with two attached hydrogens (primary N) is 1. The summed E-state index contributed by atoms with van der Waals surface area (Å²) in [6, 6.07) is 0. The Bertz CT molecular complexity index is 130. The lowest BCUT2D eigenvalue weighted by Gasteiger charge is -2.01. The third kappa shape index (κ3) is 7.42. The Labute approximate surface area is 70.4 Å². The minimum Gasteiger partial charge on any atom is -0.320 e. The molecule has 1 atom stereocenters. The van der Waals surface area contributed by atoms with Crippen molar-refractivity contribution in [3.05, 3.63) is 0 Å². The van der Waals surface area contributed by atoms with Gasteiger partial charge in [-0.05, 0) is 6.42 Å². The minimum absolute atomic E-state index is 0.498. The number of hydrogen-bond acceptors (Lipinski definition) is 1. The topological polar surface area (TPSA) is 26.0 Å². The molecule has 0 saturated heterocycles. The minimum atomic E-state index is 0.498. The maximum Gasteiger partial charge on any atom is 0.0551 e. The van der Waals surface area contributed by atoms with Crippen LogP contribution in [-0.4, -0.2) is 6.54 Å². The quantitative estimate of drug-likeness (QED) is 0.486. The Hall–Kier alpha value is -0.480. The smallest absolute Gasteiger partial charge is 0.0551 e. The predicted octanol–water partition coefficient (Wildman–Crippen LogP) is 2.16. The molecule has 1 heteroatoms. The number of hydrogen-bond donors (Lipinski definition) is 1. The second-order valence-corrected chi connectivity index (χ2v) is 2.92. The lowest BCUT2D eigenvalue weighted by atomic mass is 10.0. The normalized spacial score (nSPS) is 11.9. The van der Waals surface area contributed by atoms with Gasteiger partial charge in [0.15, 0.2) is 0 Å². The fourth-order valence-corrected chi connectivity index (χ4v) is 1.01. The molecule has 11 heavy (non-hydrogen) atoms. The summed E-state index contributed by atoms with van der Waals surface area (Å²) in [6.07, 6.45) is 5.14. The molecule has 0 radical (unpaired) electrons. The first-order valence-electron chi connectivity index (χ1n) is 4.49. The zero-order valence-electron chi connectivity index (χ0n) is 7.69. The van der Waals surface area contributed by atoms with Gasteiger partial charge in [0.05, 0.1) is 6.54 Å². The van der Waals surface area contributed by atoms with Crippen molar-refractivity contribution >= 4 is 0 Å². The van der Waals surface area contributed by atoms with Crippen molar-refractivity contribution in [2.75, 3.05) is 6.54 Å². The van der Waals surface area contributed by atoms with Crippen LogP contribution in [0, 0.1) is 17.8 Å². The van der Waals surface area contributed by atoms with E-state index in [9.17, 15) is 0 Å². The van der Waals surface area contributed by atoms with Crippen molar-refractivity contribution in [3.8, 4) is 11.8 Å². The number of rotatable bonds is 4. The Balaban J connectivity index is 3.29. The maximum absolute atomic E-state index is 5.26. The summed E-state index contributed by atoms with van der Waals surface area (Å²) in [5.74, 6) is 6.55. The molecule has 0 bridgehead atoms. The molecule has 0 aromatic heterocycles. The Morgan fingerprint density at radius 2 is 2.09 bits per heavy atom. The second-order valence-electron chi connectivity index (χ2n) is 2.92. The lowest BCUT2D eigenvalue weighted by Crippen LogP contribution is -1.96. The molecule has 0 aromatic rings. The van der Waals surface area contributed by atoms with Crippen molar-refractivity contribution in [2.45, 2.75) is 39.5 Å². The van der Waals surface area contributed by atoms with E-state index < -0.39 is 0 Å². The van der Waals surface area contributed by atoms with Crippen LogP contribution >= 0.6 is 0 Å². The SMILES string of the molecule is CCCCCC(C)C#CCN. The summed E-state index contributed by atoms with van der Waals surface area (Å²) in [4.78, 5) is 0. The van der Waals surface area contributed by atoms with Gasteiger partial charge in [0.2, 0.25) is 0 Å². The molecule has 64 valence electrons. The van der Waals surface area contributed by atoms with E-state index in [-0.39, 0.29) is 0 Å². The molecule has 1 nitrogen and oxygen atoms in total. The van der Waals surface area contributed by atoms with Gasteiger partial charge in [-0.25, -0.2) is 0 Å². The van der Waals surface area contributed by atoms with Crippen LogP contribution in [0.15, 0.2) is 0 Å². The first-order valence-corrected chi connectivity index (χ1v) is 4.49. The first kappa shape index (κ1) is 10.5. The molecule has 0 aliphatic rings. The highest BCUT2D eigenvalue weighted by molar-refractivity contribution is 5.03. The van der Waals surface area contributed by atoms with Crippen LogP contribution in [0.3, 0.4) is 0 Å². The van der Waals surface area contributed by atoms with E-state index >= 15 is 0 Å². The van der Waals surface area contributed by atoms with Gasteiger partial charge in [-0.2, -0.15) is 0 Å². The highest BCUT2D eigenvalue weighted by Crippen LogP contribution is 2.07. The van der Waals surface area contributed by atoms with E-state index in [0.717, 1.165) is 0 Å². The molecule has 0 spiro atoms. The van der Waals surface area contributed by atoms with Gasteiger partial charge in [-0.3, -0.25) is 0 Å². The molecule has 0 aliphatic carbocycles. The van der Waals surface area contributed by atoms with Crippen LogP contribution in [-0.2, 0) is 0 Å². The fourth-order valence-electron chi connectivity index (χ4n) is 1.01. The van der Waals surface area contributed by atoms with Crippen LogP contribution in [0.1, 0.15) is 39.5 Å². The van der Waals surface area contributed by atoms with Gasteiger partial charge in [-0.15, -0.1) is 0 Å². The van der Waals surface area contributed by atoms with Crippen molar-refractivity contribution in [1.82, 2.24) is 0 Å². The zero-order valence-corrected chi connectivity index (χ0v) is 7.69. The van der Waals surface area contributed by atoms with Crippen molar-refractivity contribution in [3.63, 3.8) is 0 Å². The molecule has 0 rings (SSSR count). The highest BCUT2D eigenvalue weighted by atomic mass is 14.5.